The second kappa shape index (κ2) is 11.6. The minimum Gasteiger partial charge on any atom is -0.355 e. The number of hydrogen-bond donors (Lipinski definition) is 4. The van der Waals surface area contributed by atoms with Crippen LogP contribution < -0.4 is 21.6 Å². The molecule has 4 rings (SSSR count). The van der Waals surface area contributed by atoms with Crippen LogP contribution in [0, 0.1) is 0 Å². The van der Waals surface area contributed by atoms with Crippen molar-refractivity contribution in [3.63, 3.8) is 0 Å². The number of rotatable bonds is 4. The normalized spacial score (nSPS) is 14.1. The molecule has 0 saturated carbocycles. The molecule has 0 fully saturated rings. The molecule has 2 heterocycles. The highest BCUT2D eigenvalue weighted by atomic mass is 35.5. The number of aromatic nitrogens is 2. The number of halogens is 1. The Morgan fingerprint density at radius 3 is 2.12 bits per heavy atom. The van der Waals surface area contributed by atoms with Crippen LogP contribution in [0.1, 0.15) is 26.3 Å². The zero-order chi connectivity index (χ0) is 24.5. The van der Waals surface area contributed by atoms with Crippen LogP contribution in [0.15, 0.2) is 76.8 Å². The molecule has 34 heavy (non-hydrogen) atoms. The summed E-state index contributed by atoms with van der Waals surface area (Å²) in [5, 5.41) is 15.1. The molecule has 0 saturated heterocycles. The lowest BCUT2D eigenvalue weighted by Crippen LogP contribution is -2.20. The molecule has 1 unspecified atom stereocenters. The first-order valence-electron chi connectivity index (χ1n) is 10.3. The molecule has 4 N–H and O–H groups in total. The Morgan fingerprint density at radius 1 is 0.912 bits per heavy atom. The van der Waals surface area contributed by atoms with E-state index in [4.69, 9.17) is 11.6 Å². The van der Waals surface area contributed by atoms with Gasteiger partial charge in [0.05, 0.1) is 12.4 Å². The molecule has 0 bridgehead atoms. The van der Waals surface area contributed by atoms with Gasteiger partial charge in [-0.05, 0) is 41.5 Å². The summed E-state index contributed by atoms with van der Waals surface area (Å²) in [7, 11) is 3.18. The summed E-state index contributed by atoms with van der Waals surface area (Å²) in [6, 6.07) is 15.8. The third kappa shape index (κ3) is 6.39. The second-order valence-corrected chi connectivity index (χ2v) is 7.54. The van der Waals surface area contributed by atoms with E-state index in [-0.39, 0.29) is 22.9 Å². The van der Waals surface area contributed by atoms with E-state index in [0.29, 0.717) is 16.7 Å². The van der Waals surface area contributed by atoms with Crippen molar-refractivity contribution in [2.45, 2.75) is 5.50 Å². The standard InChI is InChI=1S/C12H12ClN3O.C12H11N3O2/c1-14-12(17)9-4-2-3-8(5-9)10-6-11(13)16-15-7-10;1-13-12(17)9-4-2-3-8(5-9)10-6-11(16)15-14-7-10/h2-7,11,16H,1H3,(H,14,17);2-7H,1H3,(H,13,17)(H,15,16). The van der Waals surface area contributed by atoms with E-state index < -0.39 is 0 Å². The number of nitrogens with one attached hydrogen (secondary N) is 4. The van der Waals surface area contributed by atoms with Gasteiger partial charge in [-0.2, -0.15) is 10.2 Å². The maximum atomic E-state index is 11.5. The van der Waals surface area contributed by atoms with Gasteiger partial charge in [-0.3, -0.25) is 19.8 Å². The van der Waals surface area contributed by atoms with Crippen molar-refractivity contribution < 1.29 is 9.59 Å². The highest BCUT2D eigenvalue weighted by Gasteiger charge is 2.10. The summed E-state index contributed by atoms with van der Waals surface area (Å²) in [5.41, 5.74) is 6.56. The Balaban J connectivity index is 0.000000191. The number of amides is 2. The van der Waals surface area contributed by atoms with E-state index in [1.165, 1.54) is 6.07 Å². The van der Waals surface area contributed by atoms with Crippen molar-refractivity contribution in [2.75, 3.05) is 14.1 Å². The van der Waals surface area contributed by atoms with Gasteiger partial charge >= 0.3 is 0 Å². The molecular formula is C24H23ClN6O3. The molecule has 1 aliphatic rings. The molecule has 9 nitrogen and oxygen atoms in total. The van der Waals surface area contributed by atoms with Crippen LogP contribution >= 0.6 is 11.6 Å². The van der Waals surface area contributed by atoms with Crippen molar-refractivity contribution in [1.82, 2.24) is 26.3 Å². The first kappa shape index (κ1) is 24.4. The molecule has 174 valence electrons. The number of allylic oxidation sites excluding steroid dienone is 1. The lowest BCUT2D eigenvalue weighted by Gasteiger charge is -2.12. The van der Waals surface area contributed by atoms with Crippen LogP contribution in [0.3, 0.4) is 0 Å². The van der Waals surface area contributed by atoms with Crippen LogP contribution in [-0.2, 0) is 0 Å². The molecule has 0 radical (unpaired) electrons. The highest BCUT2D eigenvalue weighted by Crippen LogP contribution is 2.19. The number of aromatic amines is 1. The maximum Gasteiger partial charge on any atom is 0.264 e. The fourth-order valence-corrected chi connectivity index (χ4v) is 3.28. The average Bonchev–Trinajstić information content (AvgIpc) is 2.88. The lowest BCUT2D eigenvalue weighted by molar-refractivity contribution is 0.0955. The summed E-state index contributed by atoms with van der Waals surface area (Å²) in [4.78, 5) is 34.1. The van der Waals surface area contributed by atoms with Crippen LogP contribution in [0.4, 0.5) is 0 Å². The van der Waals surface area contributed by atoms with E-state index in [9.17, 15) is 14.4 Å². The number of hydrazone groups is 1. The molecule has 10 heteroatoms. The Labute approximate surface area is 200 Å². The maximum absolute atomic E-state index is 11.5. The number of alkyl halides is 1. The number of H-pyrrole nitrogens is 1. The Bertz CT molecular complexity index is 1300. The molecule has 2 amide bonds. The molecule has 3 aromatic rings. The van der Waals surface area contributed by atoms with Gasteiger partial charge in [0, 0.05) is 42.4 Å². The molecule has 2 aromatic carbocycles. The molecule has 1 aliphatic heterocycles. The minimum atomic E-state index is -0.321. The van der Waals surface area contributed by atoms with E-state index >= 15 is 0 Å². The fraction of sp³-hybridized carbons (Fsp3) is 0.125. The summed E-state index contributed by atoms with van der Waals surface area (Å²) < 4.78 is 0. The number of hydrogen-bond acceptors (Lipinski definition) is 6. The van der Waals surface area contributed by atoms with Gasteiger partial charge in [-0.1, -0.05) is 35.9 Å². The van der Waals surface area contributed by atoms with Gasteiger partial charge in [-0.15, -0.1) is 0 Å². The highest BCUT2D eigenvalue weighted by molar-refractivity contribution is 6.24. The van der Waals surface area contributed by atoms with Gasteiger partial charge in [-0.25, -0.2) is 5.10 Å². The zero-order valence-corrected chi connectivity index (χ0v) is 19.3. The smallest absolute Gasteiger partial charge is 0.264 e. The topological polar surface area (TPSA) is 128 Å². The summed E-state index contributed by atoms with van der Waals surface area (Å²) >= 11 is 5.91. The molecule has 1 aromatic heterocycles. The lowest BCUT2D eigenvalue weighted by atomic mass is 10.0. The third-order valence-electron chi connectivity index (χ3n) is 4.76. The average molecular weight is 479 g/mol. The molecule has 1 atom stereocenters. The Hall–Kier alpha value is -4.24. The van der Waals surface area contributed by atoms with Crippen molar-refractivity contribution in [2.24, 2.45) is 5.10 Å². The van der Waals surface area contributed by atoms with E-state index in [0.717, 1.165) is 16.7 Å². The second-order valence-electron chi connectivity index (χ2n) is 7.06. The van der Waals surface area contributed by atoms with Gasteiger partial charge < -0.3 is 10.6 Å². The number of carbonyl (C=O) groups excluding carboxylic acids is 2. The quantitative estimate of drug-likeness (QED) is 0.338. The third-order valence-corrected chi connectivity index (χ3v) is 4.99. The Morgan fingerprint density at radius 2 is 1.53 bits per heavy atom. The molecular weight excluding hydrogens is 456 g/mol. The van der Waals surface area contributed by atoms with Crippen LogP contribution in [0.2, 0.25) is 0 Å². The fourth-order valence-electron chi connectivity index (χ4n) is 3.09. The van der Waals surface area contributed by atoms with Gasteiger partial charge in [0.2, 0.25) is 0 Å². The largest absolute Gasteiger partial charge is 0.355 e. The van der Waals surface area contributed by atoms with E-state index in [1.807, 2.05) is 30.3 Å². The van der Waals surface area contributed by atoms with Crippen LogP contribution in [0.5, 0.6) is 0 Å². The van der Waals surface area contributed by atoms with Crippen LogP contribution in [0.25, 0.3) is 16.7 Å². The number of carbonyl (C=O) groups is 2. The van der Waals surface area contributed by atoms with Crippen LogP contribution in [-0.4, -0.2) is 47.8 Å². The Kier molecular flexibility index (Phi) is 8.31. The van der Waals surface area contributed by atoms with Crippen molar-refractivity contribution in [1.29, 1.82) is 0 Å². The van der Waals surface area contributed by atoms with Gasteiger partial charge in [0.1, 0.15) is 5.50 Å². The van der Waals surface area contributed by atoms with Crippen molar-refractivity contribution >= 4 is 35.2 Å². The van der Waals surface area contributed by atoms with Crippen molar-refractivity contribution in [3.8, 4) is 11.1 Å². The molecule has 0 aliphatic carbocycles. The van der Waals surface area contributed by atoms with Gasteiger partial charge in [0.15, 0.2) is 0 Å². The number of benzene rings is 2. The predicted octanol–water partition coefficient (Wildman–Crippen LogP) is 2.38. The monoisotopic (exact) mass is 478 g/mol. The first-order valence-corrected chi connectivity index (χ1v) is 10.7. The minimum absolute atomic E-state index is 0.110. The van der Waals surface area contributed by atoms with E-state index in [2.05, 4.69) is 31.4 Å². The SMILES string of the molecule is CNC(=O)c1cccc(-c2cn[nH]c(=O)c2)c1.CNC(=O)c1cccc(C2=CC(Cl)NN=C2)c1. The summed E-state index contributed by atoms with van der Waals surface area (Å²) in [6.45, 7) is 0. The number of nitrogens with zero attached hydrogens (tertiary/aromatic N) is 2. The predicted molar refractivity (Wildman–Crippen MR) is 133 cm³/mol. The zero-order valence-electron chi connectivity index (χ0n) is 18.5. The van der Waals surface area contributed by atoms with Gasteiger partial charge in [0.25, 0.3) is 17.4 Å². The van der Waals surface area contributed by atoms with Crippen molar-refractivity contribution in [3.05, 3.63) is 93.9 Å². The molecule has 0 spiro atoms. The summed E-state index contributed by atoms with van der Waals surface area (Å²) in [6.07, 6.45) is 5.07. The van der Waals surface area contributed by atoms with E-state index in [1.54, 1.807) is 50.8 Å². The summed E-state index contributed by atoms with van der Waals surface area (Å²) in [5.74, 6) is -0.273. The first-order chi connectivity index (χ1) is 16.4.